The highest BCUT2D eigenvalue weighted by molar-refractivity contribution is 8.14. The fourth-order valence-corrected chi connectivity index (χ4v) is 2.80. The van der Waals surface area contributed by atoms with E-state index in [1.54, 1.807) is 18.3 Å². The van der Waals surface area contributed by atoms with Crippen molar-refractivity contribution in [1.29, 1.82) is 0 Å². The van der Waals surface area contributed by atoms with Crippen LogP contribution in [0.25, 0.3) is 10.9 Å². The second-order valence-electron chi connectivity index (χ2n) is 4.14. The predicted molar refractivity (Wildman–Crippen MR) is 79.9 cm³/mol. The third-order valence-electron chi connectivity index (χ3n) is 2.60. The molecule has 0 aliphatic rings. The summed E-state index contributed by atoms with van der Waals surface area (Å²) in [6, 6.07) is 6.21. The Morgan fingerprint density at radius 1 is 1.40 bits per heavy atom. The Labute approximate surface area is 126 Å². The van der Waals surface area contributed by atoms with Crippen LogP contribution in [-0.4, -0.2) is 20.0 Å². The van der Waals surface area contributed by atoms with Gasteiger partial charge in [-0.05, 0) is 36.8 Å². The first-order valence-corrected chi connectivity index (χ1v) is 8.39. The van der Waals surface area contributed by atoms with Gasteiger partial charge < -0.3 is 4.74 Å². The number of rotatable bonds is 4. The van der Waals surface area contributed by atoms with Crippen molar-refractivity contribution in [1.82, 2.24) is 4.98 Å². The summed E-state index contributed by atoms with van der Waals surface area (Å²) < 4.78 is 28.7. The number of benzene rings is 1. The highest BCUT2D eigenvalue weighted by Gasteiger charge is 2.17. The largest absolute Gasteiger partial charge is 0.487 e. The third-order valence-corrected chi connectivity index (χ3v) is 4.35. The molecule has 0 amide bonds. The second kappa shape index (κ2) is 5.99. The zero-order chi connectivity index (χ0) is 14.8. The smallest absolute Gasteiger partial charge is 0.261 e. The molecule has 7 heteroatoms. The average molecular weight is 332 g/mol. The third kappa shape index (κ3) is 3.23. The predicted octanol–water partition coefficient (Wildman–Crippen LogP) is 3.68. The molecular formula is C13H11Cl2NO3S. The quantitative estimate of drug-likeness (QED) is 0.802. The molecule has 0 aliphatic carbocycles. The van der Waals surface area contributed by atoms with Crippen molar-refractivity contribution < 1.29 is 13.2 Å². The highest BCUT2D eigenvalue weighted by atomic mass is 35.7. The van der Waals surface area contributed by atoms with E-state index in [0.717, 1.165) is 5.57 Å². The summed E-state index contributed by atoms with van der Waals surface area (Å²) in [5, 5.41) is 0.424. The Kier molecular flexibility index (Phi) is 4.52. The molecule has 0 unspecified atom stereocenters. The molecule has 0 aliphatic heterocycles. The molecule has 0 atom stereocenters. The number of hydrogen-bond donors (Lipinski definition) is 0. The number of halogens is 2. The topological polar surface area (TPSA) is 56.3 Å². The summed E-state index contributed by atoms with van der Waals surface area (Å²) in [4.78, 5) is 4.17. The van der Waals surface area contributed by atoms with Gasteiger partial charge in [-0.25, -0.2) is 8.42 Å². The average Bonchev–Trinajstić information content (AvgIpc) is 2.43. The lowest BCUT2D eigenvalue weighted by Gasteiger charge is -2.10. The molecule has 20 heavy (non-hydrogen) atoms. The van der Waals surface area contributed by atoms with Crippen molar-refractivity contribution in [3.8, 4) is 5.75 Å². The molecule has 2 rings (SSSR count). The summed E-state index contributed by atoms with van der Waals surface area (Å²) >= 11 is 5.57. The van der Waals surface area contributed by atoms with Gasteiger partial charge in [0.1, 0.15) is 17.9 Å². The number of hydrogen-bond acceptors (Lipinski definition) is 4. The molecule has 0 fully saturated rings. The lowest BCUT2D eigenvalue weighted by molar-refractivity contribution is 0.356. The van der Waals surface area contributed by atoms with Crippen LogP contribution in [-0.2, 0) is 9.05 Å². The van der Waals surface area contributed by atoms with Crippen molar-refractivity contribution in [3.05, 3.63) is 41.6 Å². The first-order chi connectivity index (χ1) is 9.43. The summed E-state index contributed by atoms with van der Waals surface area (Å²) in [5.41, 5.74) is 2.70. The number of fused-ring (bicyclic) bond motifs is 1. The SMILES string of the molecule is C/C(=C/Cl)COc1ccc(S(=O)(=O)Cl)c2cccnc12. The van der Waals surface area contributed by atoms with Crippen LogP contribution >= 0.6 is 22.3 Å². The first-order valence-electron chi connectivity index (χ1n) is 5.64. The molecule has 0 saturated carbocycles. The van der Waals surface area contributed by atoms with Gasteiger partial charge in [-0.3, -0.25) is 4.98 Å². The van der Waals surface area contributed by atoms with Crippen LogP contribution < -0.4 is 4.74 Å². The van der Waals surface area contributed by atoms with Gasteiger partial charge in [0.05, 0.1) is 4.90 Å². The maximum Gasteiger partial charge on any atom is 0.261 e. The van der Waals surface area contributed by atoms with Gasteiger partial charge in [-0.1, -0.05) is 11.6 Å². The van der Waals surface area contributed by atoms with E-state index < -0.39 is 9.05 Å². The number of pyridine rings is 1. The Morgan fingerprint density at radius 3 is 2.80 bits per heavy atom. The summed E-state index contributed by atoms with van der Waals surface area (Å²) in [6.45, 7) is 2.11. The Hall–Kier alpha value is -1.30. The minimum Gasteiger partial charge on any atom is -0.487 e. The maximum absolute atomic E-state index is 11.5. The van der Waals surface area contributed by atoms with E-state index in [1.165, 1.54) is 17.7 Å². The monoisotopic (exact) mass is 331 g/mol. The maximum atomic E-state index is 11.5. The van der Waals surface area contributed by atoms with Crippen LogP contribution in [0.3, 0.4) is 0 Å². The first kappa shape index (κ1) is 15.1. The van der Waals surface area contributed by atoms with Gasteiger partial charge in [0.15, 0.2) is 0 Å². The fraction of sp³-hybridized carbons (Fsp3) is 0.154. The van der Waals surface area contributed by atoms with E-state index in [0.29, 0.717) is 23.3 Å². The molecule has 2 aromatic rings. The van der Waals surface area contributed by atoms with Gasteiger partial charge in [0.2, 0.25) is 0 Å². The molecule has 0 bridgehead atoms. The number of ether oxygens (including phenoxy) is 1. The summed E-state index contributed by atoms with van der Waals surface area (Å²) in [7, 11) is 1.58. The molecule has 4 nitrogen and oxygen atoms in total. The minimum atomic E-state index is -3.84. The minimum absolute atomic E-state index is 0.0132. The van der Waals surface area contributed by atoms with Crippen molar-refractivity contribution in [2.45, 2.75) is 11.8 Å². The molecule has 0 radical (unpaired) electrons. The standard InChI is InChI=1S/C13H11Cl2NO3S/c1-9(7-14)8-19-11-4-5-12(20(15,17)18)10-3-2-6-16-13(10)11/h2-7H,8H2,1H3/b9-7-. The molecule has 1 aromatic carbocycles. The van der Waals surface area contributed by atoms with E-state index in [4.69, 9.17) is 27.0 Å². The molecule has 0 spiro atoms. The molecule has 1 aromatic heterocycles. The fourth-order valence-electron chi connectivity index (χ4n) is 1.67. The molecule has 0 saturated heterocycles. The number of aromatic nitrogens is 1. The van der Waals surface area contributed by atoms with Crippen molar-refractivity contribution in [2.75, 3.05) is 6.61 Å². The van der Waals surface area contributed by atoms with E-state index in [9.17, 15) is 8.42 Å². The van der Waals surface area contributed by atoms with Gasteiger partial charge in [-0.15, -0.1) is 0 Å². The zero-order valence-electron chi connectivity index (χ0n) is 10.5. The van der Waals surface area contributed by atoms with Crippen LogP contribution in [0, 0.1) is 0 Å². The van der Waals surface area contributed by atoms with Crippen LogP contribution in [0.5, 0.6) is 5.75 Å². The van der Waals surface area contributed by atoms with E-state index in [-0.39, 0.29) is 4.90 Å². The highest BCUT2D eigenvalue weighted by Crippen LogP contribution is 2.31. The van der Waals surface area contributed by atoms with Gasteiger partial charge in [0, 0.05) is 27.8 Å². The second-order valence-corrected chi connectivity index (χ2v) is 6.90. The van der Waals surface area contributed by atoms with Crippen molar-refractivity contribution in [3.63, 3.8) is 0 Å². The van der Waals surface area contributed by atoms with E-state index in [1.807, 2.05) is 6.92 Å². The van der Waals surface area contributed by atoms with Crippen LogP contribution in [0.2, 0.25) is 0 Å². The molecule has 0 N–H and O–H groups in total. The van der Waals surface area contributed by atoms with Gasteiger partial charge >= 0.3 is 0 Å². The molecule has 106 valence electrons. The van der Waals surface area contributed by atoms with Crippen LogP contribution in [0.1, 0.15) is 6.92 Å². The van der Waals surface area contributed by atoms with Crippen LogP contribution in [0.15, 0.2) is 46.5 Å². The lowest BCUT2D eigenvalue weighted by Crippen LogP contribution is -2.01. The van der Waals surface area contributed by atoms with E-state index in [2.05, 4.69) is 4.98 Å². The van der Waals surface area contributed by atoms with Crippen molar-refractivity contribution >= 4 is 42.2 Å². The molecular weight excluding hydrogens is 321 g/mol. The van der Waals surface area contributed by atoms with Gasteiger partial charge in [-0.2, -0.15) is 0 Å². The Bertz CT molecular complexity index is 772. The lowest BCUT2D eigenvalue weighted by atomic mass is 10.2. The van der Waals surface area contributed by atoms with Crippen LogP contribution in [0.4, 0.5) is 0 Å². The van der Waals surface area contributed by atoms with Crippen molar-refractivity contribution in [2.24, 2.45) is 0 Å². The molecule has 1 heterocycles. The summed E-state index contributed by atoms with van der Waals surface area (Å²) in [6.07, 6.45) is 1.56. The summed E-state index contributed by atoms with van der Waals surface area (Å²) in [5.74, 6) is 0.475. The Balaban J connectivity index is 2.55. The Morgan fingerprint density at radius 2 is 2.15 bits per heavy atom. The number of nitrogens with zero attached hydrogens (tertiary/aromatic N) is 1. The normalized spacial score (nSPS) is 12.7. The van der Waals surface area contributed by atoms with Gasteiger partial charge in [0.25, 0.3) is 9.05 Å². The van der Waals surface area contributed by atoms with E-state index >= 15 is 0 Å². The zero-order valence-corrected chi connectivity index (χ0v) is 12.8.